The molecule has 0 unspecified atom stereocenters. The number of hydrogen-bond acceptors (Lipinski definition) is 2. The number of aryl methyl sites for hydroxylation is 1. The first-order valence-electron chi connectivity index (χ1n) is 9.58. The summed E-state index contributed by atoms with van der Waals surface area (Å²) >= 11 is 0. The number of rotatable bonds is 5. The maximum absolute atomic E-state index is 4.53. The summed E-state index contributed by atoms with van der Waals surface area (Å²) in [6.45, 7) is 3.55. The summed E-state index contributed by atoms with van der Waals surface area (Å²) in [4.78, 5) is 12.2. The minimum atomic E-state index is 0.632. The number of aliphatic imine (C=N–C) groups is 1. The fourth-order valence-corrected chi connectivity index (χ4v) is 3.53. The number of nitrogens with one attached hydrogen (secondary N) is 3. The zero-order valence-electron chi connectivity index (χ0n) is 16.3. The normalized spacial score (nSPS) is 11.9. The number of hydrogen-bond donors (Lipinski definition) is 3. The molecule has 0 saturated carbocycles. The second-order valence-electron chi connectivity index (χ2n) is 6.94. The van der Waals surface area contributed by atoms with Crippen molar-refractivity contribution in [2.75, 3.05) is 13.6 Å². The number of pyridine rings is 1. The van der Waals surface area contributed by atoms with Crippen molar-refractivity contribution in [3.05, 3.63) is 77.7 Å². The van der Waals surface area contributed by atoms with Crippen LogP contribution in [0.5, 0.6) is 0 Å². The van der Waals surface area contributed by atoms with Crippen LogP contribution in [0, 0.1) is 6.92 Å². The fourth-order valence-electron chi connectivity index (χ4n) is 3.53. The van der Waals surface area contributed by atoms with E-state index in [4.69, 9.17) is 0 Å². The van der Waals surface area contributed by atoms with E-state index in [-0.39, 0.29) is 0 Å². The lowest BCUT2D eigenvalue weighted by Gasteiger charge is -2.12. The van der Waals surface area contributed by atoms with Gasteiger partial charge in [-0.3, -0.25) is 9.98 Å². The lowest BCUT2D eigenvalue weighted by atomic mass is 10.1. The molecule has 2 heterocycles. The van der Waals surface area contributed by atoms with Gasteiger partial charge in [-0.1, -0.05) is 36.4 Å². The van der Waals surface area contributed by atoms with Crippen molar-refractivity contribution in [2.45, 2.75) is 19.9 Å². The quantitative estimate of drug-likeness (QED) is 0.368. The highest BCUT2D eigenvalue weighted by Gasteiger charge is 2.06. The first-order chi connectivity index (χ1) is 13.7. The Balaban J connectivity index is 1.36. The Morgan fingerprint density at radius 2 is 1.96 bits per heavy atom. The van der Waals surface area contributed by atoms with Gasteiger partial charge in [0.2, 0.25) is 0 Å². The van der Waals surface area contributed by atoms with E-state index >= 15 is 0 Å². The Hall–Kier alpha value is -3.34. The van der Waals surface area contributed by atoms with Crippen LogP contribution in [0.15, 0.2) is 65.9 Å². The number of benzene rings is 2. The van der Waals surface area contributed by atoms with Crippen LogP contribution in [0.1, 0.15) is 16.8 Å². The van der Waals surface area contributed by atoms with Gasteiger partial charge in [0.25, 0.3) is 0 Å². The predicted molar refractivity (Wildman–Crippen MR) is 117 cm³/mol. The second-order valence-corrected chi connectivity index (χ2v) is 6.94. The van der Waals surface area contributed by atoms with Gasteiger partial charge in [-0.25, -0.2) is 0 Å². The lowest BCUT2D eigenvalue weighted by molar-refractivity contribution is 0.788. The third-order valence-corrected chi connectivity index (χ3v) is 5.01. The van der Waals surface area contributed by atoms with E-state index in [0.29, 0.717) is 6.54 Å². The highest BCUT2D eigenvalue weighted by Crippen LogP contribution is 2.19. The predicted octanol–water partition coefficient (Wildman–Crippen LogP) is 3.93. The lowest BCUT2D eigenvalue weighted by Crippen LogP contribution is -2.38. The first-order valence-corrected chi connectivity index (χ1v) is 9.58. The molecular weight excluding hydrogens is 346 g/mol. The Morgan fingerprint density at radius 1 is 1.07 bits per heavy atom. The number of H-pyrrole nitrogens is 1. The van der Waals surface area contributed by atoms with E-state index in [1.54, 1.807) is 7.05 Å². The summed E-state index contributed by atoms with van der Waals surface area (Å²) in [5.74, 6) is 0.783. The molecule has 0 bridgehead atoms. The molecular formula is C23H25N5. The average molecular weight is 371 g/mol. The third kappa shape index (κ3) is 3.83. The molecule has 2 aromatic carbocycles. The van der Waals surface area contributed by atoms with Gasteiger partial charge in [-0.2, -0.15) is 0 Å². The largest absolute Gasteiger partial charge is 0.361 e. The Bertz CT molecular complexity index is 1120. The Labute approximate surface area is 164 Å². The van der Waals surface area contributed by atoms with Gasteiger partial charge in [-0.15, -0.1) is 0 Å². The van der Waals surface area contributed by atoms with E-state index < -0.39 is 0 Å². The molecule has 5 heteroatoms. The van der Waals surface area contributed by atoms with Crippen LogP contribution in [0.4, 0.5) is 0 Å². The molecule has 0 radical (unpaired) electrons. The van der Waals surface area contributed by atoms with Gasteiger partial charge < -0.3 is 15.6 Å². The van der Waals surface area contributed by atoms with E-state index in [1.165, 1.54) is 32.8 Å². The molecule has 0 spiro atoms. The van der Waals surface area contributed by atoms with Gasteiger partial charge in [0.05, 0.1) is 12.2 Å². The molecule has 28 heavy (non-hydrogen) atoms. The average Bonchev–Trinajstić information content (AvgIpc) is 3.12. The summed E-state index contributed by atoms with van der Waals surface area (Å²) in [5.41, 5.74) is 4.80. The third-order valence-electron chi connectivity index (χ3n) is 5.01. The minimum Gasteiger partial charge on any atom is -0.361 e. The summed E-state index contributed by atoms with van der Waals surface area (Å²) in [5, 5.41) is 10.4. The number of nitrogens with zero attached hydrogens (tertiary/aromatic N) is 2. The summed E-state index contributed by atoms with van der Waals surface area (Å²) < 4.78 is 0. The van der Waals surface area contributed by atoms with Crippen molar-refractivity contribution in [3.63, 3.8) is 0 Å². The van der Waals surface area contributed by atoms with Crippen molar-refractivity contribution in [3.8, 4) is 0 Å². The van der Waals surface area contributed by atoms with Gasteiger partial charge in [0.15, 0.2) is 5.96 Å². The van der Waals surface area contributed by atoms with Crippen LogP contribution in [0.25, 0.3) is 21.7 Å². The molecule has 0 fully saturated rings. The van der Waals surface area contributed by atoms with E-state index in [9.17, 15) is 0 Å². The molecule has 3 N–H and O–H groups in total. The Morgan fingerprint density at radius 3 is 2.86 bits per heavy atom. The summed E-state index contributed by atoms with van der Waals surface area (Å²) in [6.07, 6.45) is 4.88. The molecule has 142 valence electrons. The van der Waals surface area contributed by atoms with Crippen molar-refractivity contribution >= 4 is 27.6 Å². The summed E-state index contributed by atoms with van der Waals surface area (Å²) in [7, 11) is 1.79. The van der Waals surface area contributed by atoms with Crippen LogP contribution in [0.2, 0.25) is 0 Å². The number of guanidine groups is 1. The second kappa shape index (κ2) is 8.13. The van der Waals surface area contributed by atoms with Crippen LogP contribution in [-0.2, 0) is 13.0 Å². The fraction of sp³-hybridized carbons (Fsp3) is 0.217. The topological polar surface area (TPSA) is 65.1 Å². The van der Waals surface area contributed by atoms with Gasteiger partial charge >= 0.3 is 0 Å². The number of aromatic nitrogens is 2. The zero-order valence-corrected chi connectivity index (χ0v) is 16.3. The number of fused-ring (bicyclic) bond motifs is 2. The maximum atomic E-state index is 4.53. The monoisotopic (exact) mass is 371 g/mol. The van der Waals surface area contributed by atoms with Crippen molar-refractivity contribution in [1.82, 2.24) is 20.6 Å². The Kier molecular flexibility index (Phi) is 5.24. The summed E-state index contributed by atoms with van der Waals surface area (Å²) in [6, 6.07) is 16.9. The highest BCUT2D eigenvalue weighted by molar-refractivity contribution is 5.86. The van der Waals surface area contributed by atoms with Crippen LogP contribution in [0.3, 0.4) is 0 Å². The molecule has 0 aliphatic heterocycles. The van der Waals surface area contributed by atoms with Crippen molar-refractivity contribution < 1.29 is 0 Å². The zero-order chi connectivity index (χ0) is 19.3. The van der Waals surface area contributed by atoms with Gasteiger partial charge in [-0.05, 0) is 42.0 Å². The smallest absolute Gasteiger partial charge is 0.191 e. The van der Waals surface area contributed by atoms with Crippen LogP contribution < -0.4 is 10.6 Å². The van der Waals surface area contributed by atoms with Crippen molar-refractivity contribution in [1.29, 1.82) is 0 Å². The molecule has 0 atom stereocenters. The molecule has 2 aromatic heterocycles. The van der Waals surface area contributed by atoms with Crippen LogP contribution in [-0.4, -0.2) is 29.5 Å². The SMILES string of the molecule is CN=C(NCCc1c[nH]c2cc(C)ccc12)NCc1nccc2ccccc12. The highest BCUT2D eigenvalue weighted by atomic mass is 15.2. The molecule has 0 aliphatic rings. The minimum absolute atomic E-state index is 0.632. The van der Waals surface area contributed by atoms with Crippen LogP contribution >= 0.6 is 0 Å². The molecule has 4 aromatic rings. The molecule has 0 saturated heterocycles. The molecule has 4 rings (SSSR count). The van der Waals surface area contributed by atoms with E-state index in [1.807, 2.05) is 24.4 Å². The van der Waals surface area contributed by atoms with Crippen molar-refractivity contribution in [2.24, 2.45) is 4.99 Å². The number of aromatic amines is 1. The van der Waals surface area contributed by atoms with E-state index in [0.717, 1.165) is 24.6 Å². The van der Waals surface area contributed by atoms with E-state index in [2.05, 4.69) is 69.0 Å². The maximum Gasteiger partial charge on any atom is 0.191 e. The molecule has 5 nitrogen and oxygen atoms in total. The van der Waals surface area contributed by atoms with Gasteiger partial charge in [0.1, 0.15) is 0 Å². The van der Waals surface area contributed by atoms with Gasteiger partial charge in [0, 0.05) is 42.3 Å². The molecule has 0 amide bonds. The first kappa shape index (κ1) is 18.0. The standard InChI is InChI=1S/C23H25N5/c1-16-7-8-20-18(14-27-21(20)13-16)10-12-26-23(24-2)28-15-22-19-6-4-3-5-17(19)9-11-25-22/h3-9,11,13-14,27H,10,12,15H2,1-2H3,(H2,24,26,28). The molecule has 0 aliphatic carbocycles.